The van der Waals surface area contributed by atoms with Gasteiger partial charge in [0.05, 0.1) is 19.7 Å². The second-order valence-electron chi connectivity index (χ2n) is 7.51. The first-order chi connectivity index (χ1) is 14.5. The summed E-state index contributed by atoms with van der Waals surface area (Å²) in [6.45, 7) is 6.21. The minimum Gasteiger partial charge on any atom is -0.383 e. The Labute approximate surface area is 184 Å². The molecule has 6 heteroatoms. The van der Waals surface area contributed by atoms with Crippen LogP contribution in [0.2, 0.25) is 0 Å². The Kier molecular flexibility index (Phi) is 10.6. The van der Waals surface area contributed by atoms with Gasteiger partial charge in [-0.25, -0.2) is 0 Å². The van der Waals surface area contributed by atoms with E-state index in [-0.39, 0.29) is 18.4 Å². The molecule has 0 aliphatic rings. The first-order valence-corrected chi connectivity index (χ1v) is 11.5. The molecule has 0 aliphatic heterocycles. The molecule has 0 bridgehead atoms. The van der Waals surface area contributed by atoms with Crippen LogP contribution >= 0.6 is 11.3 Å². The number of methoxy groups -OCH3 is 1. The van der Waals surface area contributed by atoms with Gasteiger partial charge in [-0.3, -0.25) is 9.59 Å². The number of thiophene rings is 1. The molecule has 0 aliphatic carbocycles. The van der Waals surface area contributed by atoms with Crippen LogP contribution in [0.5, 0.6) is 0 Å². The highest BCUT2D eigenvalue weighted by Gasteiger charge is 2.22. The van der Waals surface area contributed by atoms with Crippen molar-refractivity contribution in [2.75, 3.05) is 26.8 Å². The quantitative estimate of drug-likeness (QED) is 0.435. The maximum Gasteiger partial charge on any atom is 0.242 e. The molecule has 0 N–H and O–H groups in total. The van der Waals surface area contributed by atoms with Gasteiger partial charge in [-0.05, 0) is 31.0 Å². The van der Waals surface area contributed by atoms with Crippen molar-refractivity contribution in [3.8, 4) is 0 Å². The third-order valence-electron chi connectivity index (χ3n) is 4.95. The van der Waals surface area contributed by atoms with E-state index in [0.29, 0.717) is 32.7 Å². The van der Waals surface area contributed by atoms with E-state index in [2.05, 4.69) is 26.0 Å². The van der Waals surface area contributed by atoms with Crippen LogP contribution in [-0.4, -0.2) is 48.4 Å². The average Bonchev–Trinajstić information content (AvgIpc) is 3.16. The number of rotatable bonds is 13. The van der Waals surface area contributed by atoms with Gasteiger partial charge in [-0.15, -0.1) is 11.3 Å². The first-order valence-electron chi connectivity index (χ1n) is 10.7. The number of carbonyl (C=O) groups is 2. The van der Waals surface area contributed by atoms with Gasteiger partial charge in [0.15, 0.2) is 0 Å². The van der Waals surface area contributed by atoms with Crippen molar-refractivity contribution < 1.29 is 14.3 Å². The Morgan fingerprint density at radius 3 is 2.37 bits per heavy atom. The zero-order valence-electron chi connectivity index (χ0n) is 18.4. The van der Waals surface area contributed by atoms with E-state index in [0.717, 1.165) is 29.7 Å². The fourth-order valence-corrected chi connectivity index (χ4v) is 4.14. The molecule has 164 valence electrons. The van der Waals surface area contributed by atoms with E-state index in [1.165, 1.54) is 4.88 Å². The van der Waals surface area contributed by atoms with Crippen LogP contribution in [0.3, 0.4) is 0 Å². The normalized spacial score (nSPS) is 10.8. The third-order valence-corrected chi connectivity index (χ3v) is 5.94. The number of ether oxygens (including phenoxy) is 1. The van der Waals surface area contributed by atoms with Crippen LogP contribution < -0.4 is 0 Å². The highest BCUT2D eigenvalue weighted by atomic mass is 32.1. The molecule has 1 aromatic heterocycles. The van der Waals surface area contributed by atoms with Crippen molar-refractivity contribution >= 4 is 23.2 Å². The highest BCUT2D eigenvalue weighted by molar-refractivity contribution is 7.11. The van der Waals surface area contributed by atoms with Crippen molar-refractivity contribution in [2.45, 2.75) is 52.6 Å². The lowest BCUT2D eigenvalue weighted by molar-refractivity contribution is -0.141. The van der Waals surface area contributed by atoms with Crippen LogP contribution in [0.15, 0.2) is 42.5 Å². The fraction of sp³-hybridized carbons (Fsp3) is 0.500. The first kappa shape index (κ1) is 24.1. The summed E-state index contributed by atoms with van der Waals surface area (Å²) in [4.78, 5) is 31.8. The topological polar surface area (TPSA) is 49.9 Å². The number of hydrogen-bond donors (Lipinski definition) is 0. The van der Waals surface area contributed by atoms with Gasteiger partial charge >= 0.3 is 0 Å². The highest BCUT2D eigenvalue weighted by Crippen LogP contribution is 2.19. The molecule has 0 spiro atoms. The van der Waals surface area contributed by atoms with Crippen molar-refractivity contribution in [3.05, 3.63) is 57.8 Å². The molecule has 0 unspecified atom stereocenters. The predicted molar refractivity (Wildman–Crippen MR) is 122 cm³/mol. The van der Waals surface area contributed by atoms with Crippen LogP contribution in [0.1, 0.15) is 47.9 Å². The predicted octanol–water partition coefficient (Wildman–Crippen LogP) is 4.64. The van der Waals surface area contributed by atoms with Gasteiger partial charge < -0.3 is 14.5 Å². The van der Waals surface area contributed by atoms with E-state index < -0.39 is 0 Å². The fourth-order valence-electron chi connectivity index (χ4n) is 3.24. The Morgan fingerprint density at radius 1 is 0.967 bits per heavy atom. The largest absolute Gasteiger partial charge is 0.383 e. The average molecular weight is 431 g/mol. The number of benzene rings is 1. The molecule has 1 heterocycles. The SMILES string of the molecule is CCCCCC(=O)N(CCOC)CC(=O)N(Cc1ccccc1)Cc1ccc(C)s1. The van der Waals surface area contributed by atoms with E-state index in [1.807, 2.05) is 35.2 Å². The van der Waals surface area contributed by atoms with Gasteiger partial charge in [0.1, 0.15) is 0 Å². The minimum atomic E-state index is -0.0372. The maximum atomic E-state index is 13.3. The van der Waals surface area contributed by atoms with Gasteiger partial charge in [-0.2, -0.15) is 0 Å². The summed E-state index contributed by atoms with van der Waals surface area (Å²) in [6.07, 6.45) is 3.42. The molecular weight excluding hydrogens is 396 g/mol. The monoisotopic (exact) mass is 430 g/mol. The molecule has 2 aromatic rings. The summed E-state index contributed by atoms with van der Waals surface area (Å²) in [5.41, 5.74) is 1.08. The lowest BCUT2D eigenvalue weighted by Gasteiger charge is -2.27. The van der Waals surface area contributed by atoms with Crippen LogP contribution in [0, 0.1) is 6.92 Å². The number of carbonyl (C=O) groups excluding carboxylic acids is 2. The lowest BCUT2D eigenvalue weighted by atomic mass is 10.2. The summed E-state index contributed by atoms with van der Waals surface area (Å²) in [5.74, 6) is -0.00895. The second-order valence-corrected chi connectivity index (χ2v) is 8.89. The van der Waals surface area contributed by atoms with Crippen molar-refractivity contribution in [3.63, 3.8) is 0 Å². The van der Waals surface area contributed by atoms with Gasteiger partial charge in [0.2, 0.25) is 11.8 Å². The molecule has 0 radical (unpaired) electrons. The summed E-state index contributed by atoms with van der Waals surface area (Å²) in [5, 5.41) is 0. The lowest BCUT2D eigenvalue weighted by Crippen LogP contribution is -2.43. The zero-order valence-corrected chi connectivity index (χ0v) is 19.2. The number of amides is 2. The maximum absolute atomic E-state index is 13.3. The van der Waals surface area contributed by atoms with Crippen LogP contribution in [-0.2, 0) is 27.4 Å². The number of nitrogens with zero attached hydrogens (tertiary/aromatic N) is 2. The molecule has 2 amide bonds. The molecule has 2 rings (SSSR count). The van der Waals surface area contributed by atoms with E-state index in [4.69, 9.17) is 4.74 Å². The minimum absolute atomic E-state index is 0.0282. The Bertz CT molecular complexity index is 776. The number of aryl methyl sites for hydroxylation is 1. The molecule has 0 fully saturated rings. The van der Waals surface area contributed by atoms with Crippen LogP contribution in [0.4, 0.5) is 0 Å². The Morgan fingerprint density at radius 2 is 1.73 bits per heavy atom. The molecule has 30 heavy (non-hydrogen) atoms. The number of unbranched alkanes of at least 4 members (excludes halogenated alkanes) is 2. The molecule has 0 saturated heterocycles. The van der Waals surface area contributed by atoms with Gasteiger partial charge in [-0.1, -0.05) is 50.1 Å². The second kappa shape index (κ2) is 13.2. The van der Waals surface area contributed by atoms with Crippen molar-refractivity contribution in [1.29, 1.82) is 0 Å². The summed E-state index contributed by atoms with van der Waals surface area (Å²) in [7, 11) is 1.61. The third kappa shape index (κ3) is 8.28. The van der Waals surface area contributed by atoms with Gasteiger partial charge in [0.25, 0.3) is 0 Å². The Hall–Kier alpha value is -2.18. The summed E-state index contributed by atoms with van der Waals surface area (Å²) >= 11 is 1.70. The summed E-state index contributed by atoms with van der Waals surface area (Å²) < 4.78 is 5.17. The van der Waals surface area contributed by atoms with E-state index in [1.54, 1.807) is 23.3 Å². The van der Waals surface area contributed by atoms with E-state index in [9.17, 15) is 9.59 Å². The molecule has 5 nitrogen and oxygen atoms in total. The summed E-state index contributed by atoms with van der Waals surface area (Å²) in [6, 6.07) is 14.1. The molecule has 1 aromatic carbocycles. The van der Waals surface area contributed by atoms with E-state index >= 15 is 0 Å². The van der Waals surface area contributed by atoms with Gasteiger partial charge in [0, 0.05) is 36.4 Å². The van der Waals surface area contributed by atoms with Crippen molar-refractivity contribution in [1.82, 2.24) is 9.80 Å². The van der Waals surface area contributed by atoms with Crippen LogP contribution in [0.25, 0.3) is 0 Å². The molecule has 0 atom stereocenters. The standard InChI is InChI=1S/C24H34N2O3S/c1-4-5-7-12-23(27)25(15-16-29-3)19-24(28)26(17-21-10-8-6-9-11-21)18-22-14-13-20(2)30-22/h6,8-11,13-14H,4-5,7,12,15-19H2,1-3H3. The zero-order chi connectivity index (χ0) is 21.8. The molecular formula is C24H34N2O3S. The Balaban J connectivity index is 2.10. The smallest absolute Gasteiger partial charge is 0.242 e. The molecule has 0 saturated carbocycles. The number of hydrogen-bond acceptors (Lipinski definition) is 4. The van der Waals surface area contributed by atoms with Crippen molar-refractivity contribution in [2.24, 2.45) is 0 Å².